The zero-order chi connectivity index (χ0) is 27.4. The first-order valence-electron chi connectivity index (χ1n) is 9.38. The third-order valence-corrected chi connectivity index (χ3v) is 6.51. The molecular weight excluding hydrogens is 535 g/mol. The maximum Gasteiger partial charge on any atom is 0.334 e. The van der Waals surface area contributed by atoms with Crippen molar-refractivity contribution in [2.24, 2.45) is 0 Å². The summed E-state index contributed by atoms with van der Waals surface area (Å²) >= 11 is 0. The van der Waals surface area contributed by atoms with Crippen LogP contribution in [-0.4, -0.2) is 113 Å². The smallest absolute Gasteiger partial charge is 0.334 e. The molecule has 4 bridgehead atoms. The van der Waals surface area contributed by atoms with Gasteiger partial charge in [-0.05, 0) is 0 Å². The molecule has 0 spiro atoms. The number of aliphatic hydroxyl groups is 3. The van der Waals surface area contributed by atoms with Gasteiger partial charge < -0.3 is 29.5 Å². The second-order valence-electron chi connectivity index (χ2n) is 7.86. The summed E-state index contributed by atoms with van der Waals surface area (Å²) in [4.78, 5) is 0. The van der Waals surface area contributed by atoms with E-state index in [0.29, 0.717) is 0 Å². The van der Waals surface area contributed by atoms with E-state index in [2.05, 4.69) is 14.2 Å². The van der Waals surface area contributed by atoms with Gasteiger partial charge in [0, 0.05) is 0 Å². The SMILES string of the molecule is OCCOC12C(F)(F)C3(F)C(F)(F)C(OCCO)(C1(F)F)C(F)(F)C(OCCO)(C3(F)F)C2(F)F. The van der Waals surface area contributed by atoms with Gasteiger partial charge in [0.05, 0.1) is 39.6 Å². The van der Waals surface area contributed by atoms with Crippen LogP contribution < -0.4 is 0 Å². The van der Waals surface area contributed by atoms with Crippen molar-refractivity contribution < 1.29 is 86.6 Å². The van der Waals surface area contributed by atoms with Crippen molar-refractivity contribution >= 4 is 0 Å². The second-order valence-corrected chi connectivity index (χ2v) is 7.86. The van der Waals surface area contributed by atoms with E-state index in [1.165, 1.54) is 0 Å². The van der Waals surface area contributed by atoms with E-state index in [0.717, 1.165) is 0 Å². The second kappa shape index (κ2) is 7.24. The molecule has 19 heteroatoms. The maximum absolute atomic E-state index is 15.6. The fraction of sp³-hybridized carbons (Fsp3) is 1.00. The Labute approximate surface area is 185 Å². The van der Waals surface area contributed by atoms with Crippen molar-refractivity contribution in [2.75, 3.05) is 39.6 Å². The van der Waals surface area contributed by atoms with E-state index in [1.54, 1.807) is 0 Å². The van der Waals surface area contributed by atoms with Crippen LogP contribution in [0.1, 0.15) is 0 Å². The molecule has 206 valence electrons. The standard InChI is InChI=1S/C16H15F13O6/c17-7-11(18,19)8(33-4-1-30)14(24,25)9(12(7,20)21,34-5-2-31)16(28,29)10(13(7,22)23,15(8,26)27)35-6-3-32/h30-32H,1-6H2. The fourth-order valence-corrected chi connectivity index (χ4v) is 5.25. The van der Waals surface area contributed by atoms with E-state index in [1.807, 2.05) is 0 Å². The molecular formula is C16H15F13O6. The minimum atomic E-state index is -7.39. The molecule has 4 fully saturated rings. The van der Waals surface area contributed by atoms with Crippen LogP contribution in [0.25, 0.3) is 0 Å². The highest BCUT2D eigenvalue weighted by Crippen LogP contribution is 2.88. The average molecular weight is 550 g/mol. The fourth-order valence-electron chi connectivity index (χ4n) is 5.25. The Balaban J connectivity index is 2.69. The summed E-state index contributed by atoms with van der Waals surface area (Å²) in [6.07, 6.45) is 0. The quantitative estimate of drug-likeness (QED) is 0.380. The van der Waals surface area contributed by atoms with Gasteiger partial charge in [-0.25, -0.2) is 4.39 Å². The van der Waals surface area contributed by atoms with E-state index in [4.69, 9.17) is 15.3 Å². The molecule has 0 amide bonds. The maximum atomic E-state index is 15.6. The normalized spacial score (nSPS) is 42.9. The third-order valence-electron chi connectivity index (χ3n) is 6.51. The molecule has 0 atom stereocenters. The lowest BCUT2D eigenvalue weighted by Crippen LogP contribution is -3.11. The Morgan fingerprint density at radius 1 is 0.371 bits per heavy atom. The molecule has 4 aliphatic rings. The summed E-state index contributed by atoms with van der Waals surface area (Å²) in [5.41, 5.74) is -27.1. The van der Waals surface area contributed by atoms with Crippen molar-refractivity contribution in [3.05, 3.63) is 0 Å². The average Bonchev–Trinajstić information content (AvgIpc) is 2.70. The first kappa shape index (κ1) is 28.4. The molecule has 4 saturated carbocycles. The predicted molar refractivity (Wildman–Crippen MR) is 80.8 cm³/mol. The lowest BCUT2D eigenvalue weighted by Gasteiger charge is -2.77. The van der Waals surface area contributed by atoms with Crippen LogP contribution in [0, 0.1) is 0 Å². The molecule has 0 aromatic rings. The van der Waals surface area contributed by atoms with Gasteiger partial charge in [0.2, 0.25) is 0 Å². The summed E-state index contributed by atoms with van der Waals surface area (Å²) in [5.74, 6) is -43.6. The van der Waals surface area contributed by atoms with E-state index < -0.39 is 97.6 Å². The molecule has 0 saturated heterocycles. The highest BCUT2D eigenvalue weighted by Gasteiger charge is 3.22. The van der Waals surface area contributed by atoms with Gasteiger partial charge in [0.1, 0.15) is 0 Å². The van der Waals surface area contributed by atoms with Crippen molar-refractivity contribution in [3.8, 4) is 0 Å². The Morgan fingerprint density at radius 3 is 0.743 bits per heavy atom. The Morgan fingerprint density at radius 2 is 0.571 bits per heavy atom. The molecule has 6 nitrogen and oxygen atoms in total. The predicted octanol–water partition coefficient (Wildman–Crippen LogP) is 1.79. The van der Waals surface area contributed by atoms with Gasteiger partial charge in [-0.15, -0.1) is 0 Å². The molecule has 3 N–H and O–H groups in total. The summed E-state index contributed by atoms with van der Waals surface area (Å²) < 4.78 is 210. The molecule has 0 unspecified atom stereocenters. The van der Waals surface area contributed by atoms with Crippen LogP contribution in [-0.2, 0) is 14.2 Å². The Hall–Kier alpha value is -1.15. The zero-order valence-electron chi connectivity index (χ0n) is 16.7. The summed E-state index contributed by atoms with van der Waals surface area (Å²) in [7, 11) is 0. The molecule has 0 aliphatic heterocycles. The van der Waals surface area contributed by atoms with Gasteiger partial charge in [0.15, 0.2) is 0 Å². The third kappa shape index (κ3) is 2.11. The lowest BCUT2D eigenvalue weighted by atomic mass is 9.39. The van der Waals surface area contributed by atoms with Crippen LogP contribution in [0.3, 0.4) is 0 Å². The number of aliphatic hydroxyl groups excluding tert-OH is 3. The highest BCUT2D eigenvalue weighted by molar-refractivity contribution is 5.54. The van der Waals surface area contributed by atoms with Gasteiger partial charge in [-0.3, -0.25) is 0 Å². The Bertz CT molecular complexity index is 738. The topological polar surface area (TPSA) is 88.4 Å². The molecule has 4 rings (SSSR count). The van der Waals surface area contributed by atoms with Crippen molar-refractivity contribution in [1.82, 2.24) is 0 Å². The van der Waals surface area contributed by atoms with Crippen LogP contribution in [0.5, 0.6) is 0 Å². The van der Waals surface area contributed by atoms with Crippen LogP contribution >= 0.6 is 0 Å². The number of hydrogen-bond acceptors (Lipinski definition) is 6. The van der Waals surface area contributed by atoms with Crippen molar-refractivity contribution in [3.63, 3.8) is 0 Å². The highest BCUT2D eigenvalue weighted by atomic mass is 19.3. The largest absolute Gasteiger partial charge is 0.394 e. The number of hydrogen-bond donors (Lipinski definition) is 3. The zero-order valence-corrected chi connectivity index (χ0v) is 16.7. The van der Waals surface area contributed by atoms with Crippen LogP contribution in [0.2, 0.25) is 0 Å². The van der Waals surface area contributed by atoms with E-state index in [9.17, 15) is 0 Å². The minimum Gasteiger partial charge on any atom is -0.394 e. The molecule has 0 heterocycles. The molecule has 0 radical (unpaired) electrons. The monoisotopic (exact) mass is 550 g/mol. The van der Waals surface area contributed by atoms with Crippen LogP contribution in [0.4, 0.5) is 57.1 Å². The Kier molecular flexibility index (Phi) is 5.88. The summed E-state index contributed by atoms with van der Waals surface area (Å²) in [6, 6.07) is 0. The van der Waals surface area contributed by atoms with Gasteiger partial charge in [-0.1, -0.05) is 0 Å². The molecule has 0 aromatic heterocycles. The summed E-state index contributed by atoms with van der Waals surface area (Å²) in [5, 5.41) is 26.2. The summed E-state index contributed by atoms with van der Waals surface area (Å²) in [6.45, 7) is -11.7. The first-order chi connectivity index (χ1) is 15.7. The lowest BCUT2D eigenvalue weighted by molar-refractivity contribution is -0.640. The minimum absolute atomic E-state index is 1.76. The van der Waals surface area contributed by atoms with Crippen molar-refractivity contribution in [2.45, 2.75) is 58.0 Å². The van der Waals surface area contributed by atoms with Crippen molar-refractivity contribution in [1.29, 1.82) is 0 Å². The van der Waals surface area contributed by atoms with Gasteiger partial charge in [-0.2, -0.15) is 52.7 Å². The number of ether oxygens (including phenoxy) is 3. The molecule has 35 heavy (non-hydrogen) atoms. The van der Waals surface area contributed by atoms with E-state index in [-0.39, 0.29) is 0 Å². The number of rotatable bonds is 9. The number of alkyl halides is 13. The number of halogens is 13. The van der Waals surface area contributed by atoms with Gasteiger partial charge >= 0.3 is 41.2 Å². The molecule has 0 aromatic carbocycles. The van der Waals surface area contributed by atoms with E-state index >= 15 is 57.1 Å². The van der Waals surface area contributed by atoms with Crippen LogP contribution in [0.15, 0.2) is 0 Å². The molecule has 4 aliphatic carbocycles. The van der Waals surface area contributed by atoms with Gasteiger partial charge in [0.25, 0.3) is 16.8 Å². The first-order valence-corrected chi connectivity index (χ1v) is 9.38.